The van der Waals surface area contributed by atoms with E-state index in [4.69, 9.17) is 9.47 Å². The summed E-state index contributed by atoms with van der Waals surface area (Å²) >= 11 is 1.72. The first kappa shape index (κ1) is 20.4. The summed E-state index contributed by atoms with van der Waals surface area (Å²) in [6.45, 7) is 2.58. The Labute approximate surface area is 175 Å². The zero-order valence-corrected chi connectivity index (χ0v) is 17.6. The van der Waals surface area contributed by atoms with Crippen molar-refractivity contribution in [1.29, 1.82) is 0 Å². The Hall–Kier alpha value is -1.89. The van der Waals surface area contributed by atoms with Crippen LogP contribution in [0, 0.1) is 5.92 Å². The molecule has 156 valence electrons. The molecule has 1 aliphatic heterocycles. The smallest absolute Gasteiger partial charge is 0.286 e. The summed E-state index contributed by atoms with van der Waals surface area (Å²) in [5, 5.41) is 15.9. The Morgan fingerprint density at radius 3 is 2.90 bits per heavy atom. The van der Waals surface area contributed by atoms with Gasteiger partial charge in [-0.1, -0.05) is 18.2 Å². The minimum absolute atomic E-state index is 0.00476. The number of hydrogen-bond donors (Lipinski definition) is 2. The number of benzene rings is 1. The summed E-state index contributed by atoms with van der Waals surface area (Å²) in [5.41, 5.74) is 1.20. The molecule has 0 unspecified atom stereocenters. The molecule has 4 rings (SSSR count). The van der Waals surface area contributed by atoms with Crippen LogP contribution in [0.25, 0.3) is 10.1 Å². The summed E-state index contributed by atoms with van der Waals surface area (Å²) in [6, 6.07) is 8.61. The fourth-order valence-electron chi connectivity index (χ4n) is 4.19. The van der Waals surface area contributed by atoms with Gasteiger partial charge in [-0.15, -0.1) is 11.3 Å². The molecule has 2 aliphatic rings. The third-order valence-corrected chi connectivity index (χ3v) is 6.93. The van der Waals surface area contributed by atoms with E-state index in [1.54, 1.807) is 11.3 Å². The second-order valence-electron chi connectivity index (χ2n) is 7.82. The molecule has 6 heteroatoms. The van der Waals surface area contributed by atoms with Gasteiger partial charge in [-0.3, -0.25) is 4.79 Å². The molecule has 0 spiro atoms. The molecular weight excluding hydrogens is 386 g/mol. The molecule has 1 aromatic carbocycles. The minimum Gasteiger partial charge on any atom is -0.459 e. The number of amides is 1. The summed E-state index contributed by atoms with van der Waals surface area (Å²) in [4.78, 5) is 12.9. The molecule has 0 bridgehead atoms. The zero-order valence-electron chi connectivity index (χ0n) is 16.8. The third-order valence-electron chi connectivity index (χ3n) is 5.95. The average molecular weight is 416 g/mol. The Bertz CT molecular complexity index is 873. The Morgan fingerprint density at radius 2 is 2.17 bits per heavy atom. The molecule has 0 radical (unpaired) electrons. The predicted molar refractivity (Wildman–Crippen MR) is 115 cm³/mol. The summed E-state index contributed by atoms with van der Waals surface area (Å²) in [6.07, 6.45) is 6.15. The standard InChI is InChI=1S/C23H29NO4S/c1-2-27-23-17(10-6-12-25)18(19-14-29-21-11-4-3-9-16(19)21)13-20(28-23)22(26)24-15-7-5-8-15/h3-4,9,11,13-15,17-18,23,25H,2,5-8,10,12H2,1H3,(H,24,26)/t17-,18-,23+/m1/s1. The van der Waals surface area contributed by atoms with Crippen LogP contribution < -0.4 is 5.32 Å². The van der Waals surface area contributed by atoms with Crippen LogP contribution in [0.15, 0.2) is 41.5 Å². The van der Waals surface area contributed by atoms with E-state index in [0.717, 1.165) is 19.3 Å². The van der Waals surface area contributed by atoms with Gasteiger partial charge in [0.05, 0.1) is 0 Å². The zero-order chi connectivity index (χ0) is 20.2. The van der Waals surface area contributed by atoms with Crippen molar-refractivity contribution in [3.63, 3.8) is 0 Å². The highest BCUT2D eigenvalue weighted by atomic mass is 32.1. The van der Waals surface area contributed by atoms with Gasteiger partial charge in [0.15, 0.2) is 5.76 Å². The van der Waals surface area contributed by atoms with Crippen LogP contribution in [0.1, 0.15) is 50.5 Å². The fourth-order valence-corrected chi connectivity index (χ4v) is 5.20. The fraction of sp³-hybridized carbons (Fsp3) is 0.522. The van der Waals surface area contributed by atoms with Crippen LogP contribution in [-0.2, 0) is 14.3 Å². The van der Waals surface area contributed by atoms with Crippen molar-refractivity contribution in [2.45, 2.75) is 57.3 Å². The van der Waals surface area contributed by atoms with E-state index in [0.29, 0.717) is 18.8 Å². The van der Waals surface area contributed by atoms with Gasteiger partial charge in [0.2, 0.25) is 6.29 Å². The molecule has 29 heavy (non-hydrogen) atoms. The van der Waals surface area contributed by atoms with Crippen LogP contribution in [0.4, 0.5) is 0 Å². The van der Waals surface area contributed by atoms with E-state index in [1.165, 1.54) is 22.1 Å². The maximum Gasteiger partial charge on any atom is 0.286 e. The van der Waals surface area contributed by atoms with Crippen LogP contribution in [0.3, 0.4) is 0 Å². The van der Waals surface area contributed by atoms with Gasteiger partial charge in [-0.2, -0.15) is 0 Å². The quantitative estimate of drug-likeness (QED) is 0.674. The first-order valence-electron chi connectivity index (χ1n) is 10.6. The lowest BCUT2D eigenvalue weighted by Crippen LogP contribution is -2.43. The van der Waals surface area contributed by atoms with Gasteiger partial charge in [-0.25, -0.2) is 0 Å². The maximum absolute atomic E-state index is 12.9. The van der Waals surface area contributed by atoms with Gasteiger partial charge in [0, 0.05) is 35.8 Å². The number of carbonyl (C=O) groups is 1. The van der Waals surface area contributed by atoms with E-state index < -0.39 is 6.29 Å². The molecule has 1 aromatic heterocycles. The van der Waals surface area contributed by atoms with Crippen molar-refractivity contribution >= 4 is 27.3 Å². The van der Waals surface area contributed by atoms with Crippen molar-refractivity contribution in [1.82, 2.24) is 5.32 Å². The molecule has 2 heterocycles. The SMILES string of the molecule is CCO[C@H]1OC(C(=O)NC2CCC2)=C[C@@H](c2csc3ccccc23)[C@H]1CCCO. The molecule has 1 aliphatic carbocycles. The van der Waals surface area contributed by atoms with Crippen molar-refractivity contribution in [2.75, 3.05) is 13.2 Å². The summed E-state index contributed by atoms with van der Waals surface area (Å²) < 4.78 is 13.2. The van der Waals surface area contributed by atoms with Gasteiger partial charge in [-0.05, 0) is 67.5 Å². The van der Waals surface area contributed by atoms with Crippen LogP contribution in [0.5, 0.6) is 0 Å². The summed E-state index contributed by atoms with van der Waals surface area (Å²) in [7, 11) is 0. The Balaban J connectivity index is 1.70. The van der Waals surface area contributed by atoms with Gasteiger partial charge in [0.25, 0.3) is 5.91 Å². The monoisotopic (exact) mass is 415 g/mol. The van der Waals surface area contributed by atoms with E-state index in [-0.39, 0.29) is 30.4 Å². The largest absolute Gasteiger partial charge is 0.459 e. The van der Waals surface area contributed by atoms with Crippen molar-refractivity contribution in [2.24, 2.45) is 5.92 Å². The number of rotatable bonds is 8. The van der Waals surface area contributed by atoms with E-state index in [9.17, 15) is 9.90 Å². The number of carbonyl (C=O) groups excluding carboxylic acids is 1. The van der Waals surface area contributed by atoms with Crippen LogP contribution >= 0.6 is 11.3 Å². The van der Waals surface area contributed by atoms with Crippen molar-refractivity contribution in [3.05, 3.63) is 47.0 Å². The minimum atomic E-state index is -0.498. The Kier molecular flexibility index (Phi) is 6.53. The second kappa shape index (κ2) is 9.28. The molecule has 2 N–H and O–H groups in total. The highest BCUT2D eigenvalue weighted by Gasteiger charge is 2.39. The number of ether oxygens (including phenoxy) is 2. The van der Waals surface area contributed by atoms with Gasteiger partial charge < -0.3 is 19.9 Å². The normalized spacial score (nSPS) is 24.6. The topological polar surface area (TPSA) is 67.8 Å². The Morgan fingerprint density at radius 1 is 1.34 bits per heavy atom. The second-order valence-corrected chi connectivity index (χ2v) is 8.73. The highest BCUT2D eigenvalue weighted by molar-refractivity contribution is 7.17. The van der Waals surface area contributed by atoms with Crippen LogP contribution in [-0.4, -0.2) is 36.6 Å². The number of thiophene rings is 1. The van der Waals surface area contributed by atoms with E-state index >= 15 is 0 Å². The molecular formula is C23H29NO4S. The molecule has 3 atom stereocenters. The maximum atomic E-state index is 12.9. The third kappa shape index (κ3) is 4.34. The number of nitrogens with one attached hydrogen (secondary N) is 1. The highest BCUT2D eigenvalue weighted by Crippen LogP contribution is 2.43. The van der Waals surface area contributed by atoms with Crippen molar-refractivity contribution in [3.8, 4) is 0 Å². The lowest BCUT2D eigenvalue weighted by Gasteiger charge is -2.37. The molecule has 1 saturated carbocycles. The molecule has 1 amide bonds. The van der Waals surface area contributed by atoms with Crippen LogP contribution in [0.2, 0.25) is 0 Å². The lowest BCUT2D eigenvalue weighted by molar-refractivity contribution is -0.166. The first-order valence-corrected chi connectivity index (χ1v) is 11.5. The number of aliphatic hydroxyl groups is 1. The lowest BCUT2D eigenvalue weighted by atomic mass is 9.80. The first-order chi connectivity index (χ1) is 14.2. The number of allylic oxidation sites excluding steroid dienone is 1. The number of aliphatic hydroxyl groups excluding tert-OH is 1. The van der Waals surface area contributed by atoms with E-state index in [2.05, 4.69) is 28.9 Å². The van der Waals surface area contributed by atoms with Crippen molar-refractivity contribution < 1.29 is 19.4 Å². The van der Waals surface area contributed by atoms with E-state index in [1.807, 2.05) is 19.1 Å². The summed E-state index contributed by atoms with van der Waals surface area (Å²) in [5.74, 6) is 0.255. The molecule has 0 saturated heterocycles. The average Bonchev–Trinajstić information content (AvgIpc) is 3.13. The van der Waals surface area contributed by atoms with Gasteiger partial charge in [0.1, 0.15) is 0 Å². The molecule has 1 fully saturated rings. The number of fused-ring (bicyclic) bond motifs is 1. The molecule has 2 aromatic rings. The molecule has 5 nitrogen and oxygen atoms in total. The number of hydrogen-bond acceptors (Lipinski definition) is 5. The predicted octanol–water partition coefficient (Wildman–Crippen LogP) is 4.32. The van der Waals surface area contributed by atoms with Gasteiger partial charge >= 0.3 is 0 Å².